The van der Waals surface area contributed by atoms with Crippen molar-refractivity contribution in [3.05, 3.63) is 18.0 Å². The maximum atomic E-state index is 12.2. The summed E-state index contributed by atoms with van der Waals surface area (Å²) in [4.78, 5) is 0.307. The average molecular weight is 285 g/mol. The Morgan fingerprint density at radius 1 is 1.47 bits per heavy atom. The van der Waals surface area contributed by atoms with Crippen LogP contribution in [0, 0.1) is 11.8 Å². The molecule has 5 nitrogen and oxygen atoms in total. The van der Waals surface area contributed by atoms with Gasteiger partial charge in [0.1, 0.15) is 0 Å². The molecule has 1 heterocycles. The lowest BCUT2D eigenvalue weighted by molar-refractivity contribution is 0.498. The molecule has 108 valence electrons. The van der Waals surface area contributed by atoms with Crippen LogP contribution in [0.4, 0.5) is 0 Å². The Kier molecular flexibility index (Phi) is 4.32. The normalized spacial score (nSPS) is 23.9. The first-order valence-corrected chi connectivity index (χ1v) is 8.25. The van der Waals surface area contributed by atoms with Gasteiger partial charge in [-0.15, -0.1) is 0 Å². The van der Waals surface area contributed by atoms with E-state index in [1.54, 1.807) is 23.9 Å². The van der Waals surface area contributed by atoms with Gasteiger partial charge in [0.05, 0.1) is 4.90 Å². The predicted octanol–water partition coefficient (Wildman–Crippen LogP) is 1.20. The smallest absolute Gasteiger partial charge is 0.242 e. The number of hydrogen-bond acceptors (Lipinski definition) is 3. The van der Waals surface area contributed by atoms with Gasteiger partial charge in [0.25, 0.3) is 0 Å². The minimum absolute atomic E-state index is 0.307. The molecule has 2 rings (SSSR count). The largest absolute Gasteiger partial charge is 0.352 e. The fraction of sp³-hybridized carbons (Fsp3) is 0.692. The molecule has 3 N–H and O–H groups in total. The van der Waals surface area contributed by atoms with Crippen molar-refractivity contribution in [3.8, 4) is 0 Å². The van der Waals surface area contributed by atoms with Crippen LogP contribution < -0.4 is 10.5 Å². The molecule has 0 aliphatic heterocycles. The second-order valence-electron chi connectivity index (χ2n) is 5.62. The van der Waals surface area contributed by atoms with Crippen LogP contribution in [0.3, 0.4) is 0 Å². The van der Waals surface area contributed by atoms with Gasteiger partial charge in [0.2, 0.25) is 10.0 Å². The predicted molar refractivity (Wildman–Crippen MR) is 75.0 cm³/mol. The highest BCUT2D eigenvalue weighted by Crippen LogP contribution is 2.29. The minimum Gasteiger partial charge on any atom is -0.352 e. The molecule has 1 aromatic rings. The fourth-order valence-electron chi connectivity index (χ4n) is 2.75. The van der Waals surface area contributed by atoms with Crippen molar-refractivity contribution in [2.45, 2.75) is 37.6 Å². The maximum Gasteiger partial charge on any atom is 0.242 e. The van der Waals surface area contributed by atoms with Crippen LogP contribution in [0.5, 0.6) is 0 Å². The van der Waals surface area contributed by atoms with Crippen LogP contribution in [0.1, 0.15) is 31.9 Å². The van der Waals surface area contributed by atoms with Gasteiger partial charge in [-0.2, -0.15) is 0 Å². The van der Waals surface area contributed by atoms with Crippen LogP contribution in [0.25, 0.3) is 0 Å². The molecule has 0 saturated heterocycles. The summed E-state index contributed by atoms with van der Waals surface area (Å²) < 4.78 is 28.8. The molecule has 0 spiro atoms. The van der Waals surface area contributed by atoms with Gasteiger partial charge < -0.3 is 10.3 Å². The van der Waals surface area contributed by atoms with Crippen LogP contribution in [0.15, 0.2) is 17.2 Å². The van der Waals surface area contributed by atoms with E-state index in [0.717, 1.165) is 24.5 Å². The number of sulfonamides is 1. The van der Waals surface area contributed by atoms with Crippen molar-refractivity contribution in [1.82, 2.24) is 9.29 Å². The molecule has 2 atom stereocenters. The minimum atomic E-state index is -3.40. The monoisotopic (exact) mass is 285 g/mol. The van der Waals surface area contributed by atoms with Gasteiger partial charge in [0, 0.05) is 32.0 Å². The standard InChI is InChI=1S/C13H23N3O2S/c1-10-3-4-11(5-10)8-15-19(17,18)13-6-12(7-14)16(2)9-13/h6,9-11,15H,3-5,7-8,14H2,1-2H3. The zero-order valence-corrected chi connectivity index (χ0v) is 12.4. The lowest BCUT2D eigenvalue weighted by Crippen LogP contribution is -2.28. The van der Waals surface area contributed by atoms with Gasteiger partial charge in [-0.1, -0.05) is 13.3 Å². The van der Waals surface area contributed by atoms with Gasteiger partial charge >= 0.3 is 0 Å². The molecular weight excluding hydrogens is 262 g/mol. The molecule has 1 saturated carbocycles. The number of rotatable bonds is 5. The zero-order valence-electron chi connectivity index (χ0n) is 11.6. The first kappa shape index (κ1) is 14.6. The lowest BCUT2D eigenvalue weighted by Gasteiger charge is -2.10. The van der Waals surface area contributed by atoms with Gasteiger partial charge in [0.15, 0.2) is 0 Å². The lowest BCUT2D eigenvalue weighted by atomic mass is 10.1. The Morgan fingerprint density at radius 2 is 2.21 bits per heavy atom. The third-order valence-electron chi connectivity index (χ3n) is 3.97. The van der Waals surface area contributed by atoms with E-state index in [2.05, 4.69) is 11.6 Å². The summed E-state index contributed by atoms with van der Waals surface area (Å²) >= 11 is 0. The Morgan fingerprint density at radius 3 is 2.74 bits per heavy atom. The zero-order chi connectivity index (χ0) is 14.0. The number of aromatic nitrogens is 1. The summed E-state index contributed by atoms with van der Waals surface area (Å²) in [5.74, 6) is 1.19. The Labute approximate surface area is 115 Å². The molecule has 6 heteroatoms. The van der Waals surface area contributed by atoms with Crippen LogP contribution in [-0.2, 0) is 23.6 Å². The number of nitrogens with one attached hydrogen (secondary N) is 1. The Bertz CT molecular complexity index is 536. The van der Waals surface area contributed by atoms with Gasteiger partial charge in [-0.3, -0.25) is 0 Å². The van der Waals surface area contributed by atoms with Crippen LogP contribution >= 0.6 is 0 Å². The summed E-state index contributed by atoms with van der Waals surface area (Å²) in [5.41, 5.74) is 6.37. The van der Waals surface area contributed by atoms with Crippen molar-refractivity contribution >= 4 is 10.0 Å². The third kappa shape index (κ3) is 3.38. The molecule has 1 aliphatic carbocycles. The van der Waals surface area contributed by atoms with Crippen LogP contribution in [0.2, 0.25) is 0 Å². The maximum absolute atomic E-state index is 12.2. The topological polar surface area (TPSA) is 77.1 Å². The molecule has 2 unspecified atom stereocenters. The molecule has 0 bridgehead atoms. The van der Waals surface area contributed by atoms with E-state index in [4.69, 9.17) is 5.73 Å². The summed E-state index contributed by atoms with van der Waals surface area (Å²) in [6.07, 6.45) is 5.05. The highest BCUT2D eigenvalue weighted by Gasteiger charge is 2.24. The SMILES string of the molecule is CC1CCC(CNS(=O)(=O)c2cc(CN)n(C)c2)C1. The van der Waals surface area contributed by atoms with E-state index in [0.29, 0.717) is 23.9 Å². The van der Waals surface area contributed by atoms with E-state index < -0.39 is 10.0 Å². The van der Waals surface area contributed by atoms with Crippen molar-refractivity contribution in [2.75, 3.05) is 6.54 Å². The van der Waals surface area contributed by atoms with E-state index in [1.807, 2.05) is 0 Å². The molecule has 0 aromatic carbocycles. The molecule has 0 radical (unpaired) electrons. The fourth-order valence-corrected chi connectivity index (χ4v) is 3.96. The second-order valence-corrected chi connectivity index (χ2v) is 7.39. The molecule has 1 aromatic heterocycles. The second kappa shape index (κ2) is 5.64. The summed E-state index contributed by atoms with van der Waals surface area (Å²) in [5, 5.41) is 0. The van der Waals surface area contributed by atoms with Gasteiger partial charge in [-0.25, -0.2) is 13.1 Å². The number of hydrogen-bond donors (Lipinski definition) is 2. The summed E-state index contributed by atoms with van der Waals surface area (Å²) in [6, 6.07) is 1.64. The van der Waals surface area contributed by atoms with E-state index in [9.17, 15) is 8.42 Å². The Hall–Kier alpha value is -0.850. The molecule has 19 heavy (non-hydrogen) atoms. The number of nitrogens with zero attached hydrogens (tertiary/aromatic N) is 1. The first-order chi connectivity index (χ1) is 8.92. The van der Waals surface area contributed by atoms with Crippen molar-refractivity contribution in [2.24, 2.45) is 24.6 Å². The number of nitrogens with two attached hydrogens (primary N) is 1. The molecule has 1 aliphatic rings. The summed E-state index contributed by atoms with van der Waals surface area (Å²) in [7, 11) is -1.60. The van der Waals surface area contributed by atoms with Crippen molar-refractivity contribution < 1.29 is 8.42 Å². The van der Waals surface area contributed by atoms with E-state index in [1.165, 1.54) is 6.42 Å². The molecular formula is C13H23N3O2S. The first-order valence-electron chi connectivity index (χ1n) is 6.77. The molecule has 0 amide bonds. The van der Waals surface area contributed by atoms with Crippen LogP contribution in [-0.4, -0.2) is 19.5 Å². The highest BCUT2D eigenvalue weighted by molar-refractivity contribution is 7.89. The van der Waals surface area contributed by atoms with Gasteiger partial charge in [-0.05, 0) is 30.7 Å². The van der Waals surface area contributed by atoms with Crippen molar-refractivity contribution in [1.29, 1.82) is 0 Å². The average Bonchev–Trinajstić information content (AvgIpc) is 2.93. The summed E-state index contributed by atoms with van der Waals surface area (Å²) in [6.45, 7) is 3.10. The third-order valence-corrected chi connectivity index (χ3v) is 5.36. The highest BCUT2D eigenvalue weighted by atomic mass is 32.2. The Balaban J connectivity index is 2.01. The van der Waals surface area contributed by atoms with Crippen molar-refractivity contribution in [3.63, 3.8) is 0 Å². The van der Waals surface area contributed by atoms with E-state index >= 15 is 0 Å². The van der Waals surface area contributed by atoms with E-state index in [-0.39, 0.29) is 0 Å². The molecule has 1 fully saturated rings. The quantitative estimate of drug-likeness (QED) is 0.853. The number of aryl methyl sites for hydroxylation is 1.